The lowest BCUT2D eigenvalue weighted by Gasteiger charge is -2.29. The van der Waals surface area contributed by atoms with Crippen LogP contribution in [0.5, 0.6) is 0 Å². The highest BCUT2D eigenvalue weighted by molar-refractivity contribution is 7.09. The summed E-state index contributed by atoms with van der Waals surface area (Å²) < 4.78 is 1.95. The maximum Gasteiger partial charge on any atom is 0.131 e. The topological polar surface area (TPSA) is 47.1 Å². The predicted octanol–water partition coefficient (Wildman–Crippen LogP) is 2.66. The van der Waals surface area contributed by atoms with Crippen LogP contribution in [0.2, 0.25) is 0 Å². The fourth-order valence-electron chi connectivity index (χ4n) is 2.36. The van der Waals surface area contributed by atoms with Crippen LogP contribution in [0.3, 0.4) is 0 Å². The first-order valence-corrected chi connectivity index (χ1v) is 7.44. The molecule has 0 radical (unpaired) electrons. The van der Waals surface area contributed by atoms with Gasteiger partial charge in [0.25, 0.3) is 0 Å². The minimum Gasteiger partial charge on any atom is -0.349 e. The molecule has 0 saturated carbocycles. The Morgan fingerprint density at radius 3 is 2.74 bits per heavy atom. The fraction of sp³-hybridized carbons (Fsp3) is 0.500. The van der Waals surface area contributed by atoms with Gasteiger partial charge in [-0.05, 0) is 32.2 Å². The third-order valence-corrected chi connectivity index (χ3v) is 4.18. The van der Waals surface area contributed by atoms with E-state index >= 15 is 0 Å². The van der Waals surface area contributed by atoms with Crippen LogP contribution >= 0.6 is 11.3 Å². The average molecular weight is 278 g/mol. The van der Waals surface area contributed by atoms with Gasteiger partial charge in [0.1, 0.15) is 5.82 Å². The number of nitrogens with zero attached hydrogens (tertiary/aromatic N) is 3. The summed E-state index contributed by atoms with van der Waals surface area (Å²) in [6.07, 6.45) is 0. The van der Waals surface area contributed by atoms with Crippen LogP contribution < -0.4 is 10.6 Å². The van der Waals surface area contributed by atoms with E-state index in [1.807, 2.05) is 18.7 Å². The van der Waals surface area contributed by atoms with Crippen molar-refractivity contribution in [3.8, 4) is 0 Å². The summed E-state index contributed by atoms with van der Waals surface area (Å²) in [4.78, 5) is 3.73. The number of nitrogens with two attached hydrogens (primary N) is 1. The Hall–Kier alpha value is -1.33. The van der Waals surface area contributed by atoms with Crippen LogP contribution in [0.25, 0.3) is 0 Å². The smallest absolute Gasteiger partial charge is 0.131 e. The van der Waals surface area contributed by atoms with Crippen molar-refractivity contribution in [3.63, 3.8) is 0 Å². The summed E-state index contributed by atoms with van der Waals surface area (Å²) >= 11 is 1.79. The van der Waals surface area contributed by atoms with Crippen molar-refractivity contribution < 1.29 is 0 Å². The first-order valence-electron chi connectivity index (χ1n) is 6.56. The number of rotatable bonds is 5. The zero-order chi connectivity index (χ0) is 14.0. The molecule has 0 aliphatic heterocycles. The molecule has 0 aromatic carbocycles. The summed E-state index contributed by atoms with van der Waals surface area (Å²) in [7, 11) is 1.99. The van der Waals surface area contributed by atoms with E-state index in [0.717, 1.165) is 23.6 Å². The molecule has 2 aromatic heterocycles. The summed E-state index contributed by atoms with van der Waals surface area (Å²) in [5, 5.41) is 6.63. The van der Waals surface area contributed by atoms with Crippen molar-refractivity contribution in [2.24, 2.45) is 12.8 Å². The highest BCUT2D eigenvalue weighted by Crippen LogP contribution is 2.27. The molecule has 0 saturated heterocycles. The van der Waals surface area contributed by atoms with Gasteiger partial charge in [0.2, 0.25) is 0 Å². The number of aryl methyl sites for hydroxylation is 2. The van der Waals surface area contributed by atoms with Gasteiger partial charge in [-0.3, -0.25) is 4.68 Å². The quantitative estimate of drug-likeness (QED) is 0.914. The third-order valence-electron chi connectivity index (χ3n) is 3.32. The molecule has 0 spiro atoms. The maximum absolute atomic E-state index is 5.90. The molecule has 104 valence electrons. The van der Waals surface area contributed by atoms with E-state index in [-0.39, 0.29) is 0 Å². The number of thiophene rings is 1. The molecular formula is C14H22N4S. The highest BCUT2D eigenvalue weighted by atomic mass is 32.1. The number of anilines is 1. The van der Waals surface area contributed by atoms with Gasteiger partial charge in [0.05, 0.1) is 12.2 Å². The van der Waals surface area contributed by atoms with Crippen LogP contribution in [0.15, 0.2) is 17.5 Å². The van der Waals surface area contributed by atoms with Gasteiger partial charge in [0, 0.05) is 30.1 Å². The van der Waals surface area contributed by atoms with Crippen molar-refractivity contribution in [2.45, 2.75) is 39.9 Å². The Labute approximate surface area is 118 Å². The standard InChI is InChI=1S/C14H22N4S/c1-10(2)18(9-12-6-5-7-19-12)14-13(8-15)11(3)16-17(14)4/h5-7,10H,8-9,15H2,1-4H3. The summed E-state index contributed by atoms with van der Waals surface area (Å²) in [5.74, 6) is 1.14. The predicted molar refractivity (Wildman–Crippen MR) is 81.5 cm³/mol. The second-order valence-electron chi connectivity index (χ2n) is 5.02. The van der Waals surface area contributed by atoms with Crippen molar-refractivity contribution >= 4 is 17.2 Å². The SMILES string of the molecule is Cc1nn(C)c(N(Cc2cccs2)C(C)C)c1CN. The Kier molecular flexibility index (Phi) is 4.27. The van der Waals surface area contributed by atoms with E-state index < -0.39 is 0 Å². The van der Waals surface area contributed by atoms with Gasteiger partial charge >= 0.3 is 0 Å². The summed E-state index contributed by atoms with van der Waals surface area (Å²) in [5.41, 5.74) is 8.07. The van der Waals surface area contributed by atoms with Crippen molar-refractivity contribution in [2.75, 3.05) is 4.90 Å². The molecule has 0 aliphatic rings. The lowest BCUT2D eigenvalue weighted by molar-refractivity contribution is 0.635. The third kappa shape index (κ3) is 2.82. The molecule has 0 amide bonds. The molecule has 4 nitrogen and oxygen atoms in total. The van der Waals surface area contributed by atoms with E-state index in [2.05, 4.69) is 41.4 Å². The van der Waals surface area contributed by atoms with Crippen LogP contribution in [0.1, 0.15) is 30.0 Å². The van der Waals surface area contributed by atoms with Gasteiger partial charge in [-0.25, -0.2) is 0 Å². The zero-order valence-corrected chi connectivity index (χ0v) is 12.9. The van der Waals surface area contributed by atoms with E-state index in [9.17, 15) is 0 Å². The summed E-state index contributed by atoms with van der Waals surface area (Å²) in [6, 6.07) is 4.67. The summed E-state index contributed by atoms with van der Waals surface area (Å²) in [6.45, 7) is 7.87. The molecular weight excluding hydrogens is 256 g/mol. The van der Waals surface area contributed by atoms with Crippen LogP contribution in [0.4, 0.5) is 5.82 Å². The van der Waals surface area contributed by atoms with Crippen molar-refractivity contribution in [1.82, 2.24) is 9.78 Å². The largest absolute Gasteiger partial charge is 0.349 e. The molecule has 19 heavy (non-hydrogen) atoms. The number of hydrogen-bond acceptors (Lipinski definition) is 4. The minimum atomic E-state index is 0.405. The number of aromatic nitrogens is 2. The van der Waals surface area contributed by atoms with Crippen LogP contribution in [-0.4, -0.2) is 15.8 Å². The average Bonchev–Trinajstić information content (AvgIpc) is 2.93. The molecule has 2 rings (SSSR count). The normalized spacial score (nSPS) is 11.3. The maximum atomic E-state index is 5.90. The van der Waals surface area contributed by atoms with E-state index in [0.29, 0.717) is 12.6 Å². The van der Waals surface area contributed by atoms with Crippen LogP contribution in [0, 0.1) is 6.92 Å². The number of hydrogen-bond donors (Lipinski definition) is 1. The second kappa shape index (κ2) is 5.75. The monoisotopic (exact) mass is 278 g/mol. The van der Waals surface area contributed by atoms with Gasteiger partial charge < -0.3 is 10.6 Å². The lowest BCUT2D eigenvalue weighted by atomic mass is 10.2. The van der Waals surface area contributed by atoms with Gasteiger partial charge in [-0.1, -0.05) is 6.07 Å². The molecule has 0 aliphatic carbocycles. The molecule has 0 atom stereocenters. The first kappa shape index (κ1) is 14.1. The Morgan fingerprint density at radius 1 is 1.47 bits per heavy atom. The molecule has 2 aromatic rings. The van der Waals surface area contributed by atoms with E-state index in [1.54, 1.807) is 11.3 Å². The fourth-order valence-corrected chi connectivity index (χ4v) is 3.06. The zero-order valence-electron chi connectivity index (χ0n) is 12.1. The van der Waals surface area contributed by atoms with Crippen LogP contribution in [-0.2, 0) is 20.1 Å². The lowest BCUT2D eigenvalue weighted by Crippen LogP contribution is -2.32. The second-order valence-corrected chi connectivity index (χ2v) is 6.05. The molecule has 0 fully saturated rings. The van der Waals surface area contributed by atoms with Gasteiger partial charge in [0.15, 0.2) is 0 Å². The minimum absolute atomic E-state index is 0.405. The van der Waals surface area contributed by atoms with Gasteiger partial charge in [-0.15, -0.1) is 11.3 Å². The van der Waals surface area contributed by atoms with Crippen molar-refractivity contribution in [1.29, 1.82) is 0 Å². The van der Waals surface area contributed by atoms with E-state index in [4.69, 9.17) is 5.73 Å². The highest BCUT2D eigenvalue weighted by Gasteiger charge is 2.21. The first-order chi connectivity index (χ1) is 9.04. The Morgan fingerprint density at radius 2 is 2.21 bits per heavy atom. The molecule has 2 N–H and O–H groups in total. The molecule has 0 unspecified atom stereocenters. The van der Waals surface area contributed by atoms with Crippen molar-refractivity contribution in [3.05, 3.63) is 33.6 Å². The Bertz CT molecular complexity index is 528. The molecule has 2 heterocycles. The molecule has 5 heteroatoms. The Balaban J connectivity index is 2.39. The van der Waals surface area contributed by atoms with Gasteiger partial charge in [-0.2, -0.15) is 5.10 Å². The van der Waals surface area contributed by atoms with E-state index in [1.165, 1.54) is 4.88 Å². The molecule has 0 bridgehead atoms.